The van der Waals surface area contributed by atoms with Crippen molar-refractivity contribution in [3.63, 3.8) is 0 Å². The molecule has 2 fully saturated rings. The Morgan fingerprint density at radius 3 is 1.17 bits per heavy atom. The Kier molecular flexibility index (Phi) is 16.8. The second kappa shape index (κ2) is 21.0. The molecule has 0 atom stereocenters. The van der Waals surface area contributed by atoms with E-state index in [0.29, 0.717) is 34.3 Å². The molecule has 2 saturated carbocycles. The van der Waals surface area contributed by atoms with Crippen LogP contribution in [0.2, 0.25) is 0 Å². The van der Waals surface area contributed by atoms with E-state index in [4.69, 9.17) is 29.9 Å². The lowest BCUT2D eigenvalue weighted by Crippen LogP contribution is -2.29. The van der Waals surface area contributed by atoms with E-state index in [9.17, 15) is 0 Å². The van der Waals surface area contributed by atoms with Crippen LogP contribution in [-0.4, -0.2) is 68.2 Å². The highest BCUT2D eigenvalue weighted by Gasteiger charge is 2.21. The highest BCUT2D eigenvalue weighted by molar-refractivity contribution is 8.76. The molecule has 4 rings (SSSR count). The molecule has 0 aliphatic heterocycles. The maximum Gasteiger partial charge on any atom is 0.231 e. The van der Waals surface area contributed by atoms with E-state index in [1.54, 1.807) is 0 Å². The second-order valence-electron chi connectivity index (χ2n) is 13.0. The van der Waals surface area contributed by atoms with Crippen molar-refractivity contribution in [3.05, 3.63) is 0 Å². The maximum atomic E-state index is 5.01. The minimum absolute atomic E-state index is 0.422. The summed E-state index contributed by atoms with van der Waals surface area (Å²) in [5, 5.41) is 8.75. The third-order valence-electron chi connectivity index (χ3n) is 8.97. The van der Waals surface area contributed by atoms with Crippen LogP contribution in [0.3, 0.4) is 0 Å². The van der Waals surface area contributed by atoms with Crippen molar-refractivity contribution in [2.45, 2.75) is 166 Å². The molecule has 0 spiro atoms. The van der Waals surface area contributed by atoms with Gasteiger partial charge in [-0.3, -0.25) is 0 Å². The molecule has 0 bridgehead atoms. The predicted octanol–water partition coefficient (Wildman–Crippen LogP) is 9.16. The van der Waals surface area contributed by atoms with Gasteiger partial charge in [-0.2, -0.15) is 29.9 Å². The maximum absolute atomic E-state index is 5.01. The zero-order chi connectivity index (χ0) is 32.4. The number of hydrogen-bond acceptors (Lipinski definition) is 12. The molecule has 258 valence electrons. The Bertz CT molecular complexity index is 1020. The van der Waals surface area contributed by atoms with Crippen LogP contribution in [-0.2, 0) is 0 Å². The van der Waals surface area contributed by atoms with E-state index in [0.717, 1.165) is 89.4 Å². The molecule has 10 nitrogen and oxygen atoms in total. The van der Waals surface area contributed by atoms with Crippen molar-refractivity contribution in [2.24, 2.45) is 0 Å². The number of aromatic nitrogens is 6. The first-order chi connectivity index (χ1) is 22.6. The van der Waals surface area contributed by atoms with Crippen LogP contribution in [0.25, 0.3) is 0 Å². The van der Waals surface area contributed by atoms with E-state index < -0.39 is 0 Å². The third kappa shape index (κ3) is 12.5. The first-order valence-electron chi connectivity index (χ1n) is 18.5. The Morgan fingerprint density at radius 2 is 0.848 bits per heavy atom. The van der Waals surface area contributed by atoms with E-state index in [-0.39, 0.29) is 0 Å². The van der Waals surface area contributed by atoms with Crippen LogP contribution in [0, 0.1) is 0 Å². The molecular formula is C34H60N10S2. The molecule has 46 heavy (non-hydrogen) atoms. The summed E-state index contributed by atoms with van der Waals surface area (Å²) < 4.78 is 0. The number of nitrogens with one attached hydrogen (secondary N) is 2. The van der Waals surface area contributed by atoms with Gasteiger partial charge < -0.3 is 20.4 Å². The highest BCUT2D eigenvalue weighted by Crippen LogP contribution is 2.36. The van der Waals surface area contributed by atoms with Crippen molar-refractivity contribution in [1.82, 2.24) is 29.9 Å². The van der Waals surface area contributed by atoms with E-state index in [1.165, 1.54) is 85.8 Å². The van der Waals surface area contributed by atoms with Gasteiger partial charge >= 0.3 is 0 Å². The number of hydrogen-bond donors (Lipinski definition) is 2. The van der Waals surface area contributed by atoms with Gasteiger partial charge in [-0.25, -0.2) is 0 Å². The topological polar surface area (TPSA) is 108 Å². The Hall–Kier alpha value is -2.08. The summed E-state index contributed by atoms with van der Waals surface area (Å²) in [6.45, 7) is 12.8. The largest absolute Gasteiger partial charge is 0.351 e. The Balaban J connectivity index is 1.60. The fourth-order valence-electron chi connectivity index (χ4n) is 6.13. The molecule has 2 aliphatic carbocycles. The van der Waals surface area contributed by atoms with Crippen molar-refractivity contribution >= 4 is 45.4 Å². The molecule has 0 amide bonds. The summed E-state index contributed by atoms with van der Waals surface area (Å²) in [6.07, 6.45) is 21.4. The van der Waals surface area contributed by atoms with Crippen molar-refractivity contribution < 1.29 is 0 Å². The lowest BCUT2D eigenvalue weighted by atomic mass is 9.96. The zero-order valence-electron chi connectivity index (χ0n) is 29.1. The lowest BCUT2D eigenvalue weighted by Gasteiger charge is -2.26. The monoisotopic (exact) mass is 672 g/mol. The van der Waals surface area contributed by atoms with Crippen LogP contribution < -0.4 is 20.4 Å². The summed E-state index contributed by atoms with van der Waals surface area (Å²) >= 11 is 0. The molecule has 0 aromatic carbocycles. The molecular weight excluding hydrogens is 613 g/mol. The van der Waals surface area contributed by atoms with Gasteiger partial charge in [0.1, 0.15) is 0 Å². The SMILES string of the molecule is CCCCN(CCCC)c1nc(NC2CCCCC2)nc(SSc2nc(NC3CCCCC3)nc(N(CCCC)CCCC)n2)n1. The summed E-state index contributed by atoms with van der Waals surface area (Å²) in [5.74, 6) is 2.94. The fraction of sp³-hybridized carbons (Fsp3) is 0.824. The van der Waals surface area contributed by atoms with Gasteiger partial charge in [0.15, 0.2) is 0 Å². The number of unbranched alkanes of at least 4 members (excludes halogenated alkanes) is 4. The quantitative estimate of drug-likeness (QED) is 0.123. The summed E-state index contributed by atoms with van der Waals surface area (Å²) in [4.78, 5) is 34.5. The smallest absolute Gasteiger partial charge is 0.231 e. The average Bonchev–Trinajstić information content (AvgIpc) is 3.08. The van der Waals surface area contributed by atoms with Crippen molar-refractivity contribution in [2.75, 3.05) is 46.6 Å². The molecule has 2 aromatic rings. The molecule has 2 aliphatic rings. The average molecular weight is 673 g/mol. The summed E-state index contributed by atoms with van der Waals surface area (Å²) in [6, 6.07) is 0.844. The van der Waals surface area contributed by atoms with Crippen LogP contribution in [0.4, 0.5) is 23.8 Å². The summed E-state index contributed by atoms with van der Waals surface area (Å²) in [7, 11) is 3.06. The molecule has 2 N–H and O–H groups in total. The molecule has 0 saturated heterocycles. The third-order valence-corrected chi connectivity index (χ3v) is 10.9. The molecule has 12 heteroatoms. The fourth-order valence-corrected chi connectivity index (χ4v) is 7.66. The van der Waals surface area contributed by atoms with E-state index in [1.807, 2.05) is 0 Å². The Labute approximate surface area is 286 Å². The van der Waals surface area contributed by atoms with Crippen LogP contribution in [0.1, 0.15) is 143 Å². The normalized spacial score (nSPS) is 16.0. The minimum atomic E-state index is 0.422. The predicted molar refractivity (Wildman–Crippen MR) is 196 cm³/mol. The van der Waals surface area contributed by atoms with Gasteiger partial charge in [0.2, 0.25) is 34.1 Å². The first-order valence-corrected chi connectivity index (χ1v) is 20.7. The van der Waals surface area contributed by atoms with Gasteiger partial charge in [-0.15, -0.1) is 0 Å². The zero-order valence-corrected chi connectivity index (χ0v) is 30.7. The van der Waals surface area contributed by atoms with Gasteiger partial charge in [-0.05, 0) is 73.0 Å². The van der Waals surface area contributed by atoms with Crippen molar-refractivity contribution in [1.29, 1.82) is 0 Å². The molecule has 0 radical (unpaired) electrons. The number of anilines is 4. The van der Waals surface area contributed by atoms with Gasteiger partial charge in [0.25, 0.3) is 0 Å². The van der Waals surface area contributed by atoms with Gasteiger partial charge in [0.05, 0.1) is 0 Å². The van der Waals surface area contributed by atoms with Crippen LogP contribution in [0.5, 0.6) is 0 Å². The standard InChI is InChI=1S/C34H60N10S2/c1-5-9-23-43(24-10-6-2)31-37-29(35-27-19-15-13-16-20-27)39-33(41-31)45-46-34-40-30(36-28-21-17-14-18-22-28)38-32(42-34)44(25-11-7-3)26-12-8-4/h27-28H,5-26H2,1-4H3,(H,35,37,39,41)(H,36,38,40,42). The molecule has 2 heterocycles. The highest BCUT2D eigenvalue weighted by atomic mass is 33.1. The first kappa shape index (κ1) is 36.8. The van der Waals surface area contributed by atoms with E-state index in [2.05, 4.69) is 48.1 Å². The molecule has 0 unspecified atom stereocenters. The second-order valence-corrected chi connectivity index (χ2v) is 15.1. The number of nitrogens with zero attached hydrogens (tertiary/aromatic N) is 8. The van der Waals surface area contributed by atoms with Gasteiger partial charge in [0, 0.05) is 38.3 Å². The van der Waals surface area contributed by atoms with E-state index >= 15 is 0 Å². The number of rotatable bonds is 21. The van der Waals surface area contributed by atoms with Gasteiger partial charge in [-0.1, -0.05) is 91.9 Å². The van der Waals surface area contributed by atoms with Crippen molar-refractivity contribution in [3.8, 4) is 0 Å². The summed E-state index contributed by atoms with van der Waals surface area (Å²) in [5.41, 5.74) is 0. The van der Waals surface area contributed by atoms with Crippen LogP contribution >= 0.6 is 21.6 Å². The molecule has 2 aromatic heterocycles. The minimum Gasteiger partial charge on any atom is -0.351 e. The van der Waals surface area contributed by atoms with Crippen LogP contribution in [0.15, 0.2) is 10.3 Å². The lowest BCUT2D eigenvalue weighted by molar-refractivity contribution is 0.460. The Morgan fingerprint density at radius 1 is 0.500 bits per heavy atom.